The van der Waals surface area contributed by atoms with Gasteiger partial charge in [0.05, 0.1) is 5.92 Å². The van der Waals surface area contributed by atoms with Gasteiger partial charge < -0.3 is 9.30 Å². The summed E-state index contributed by atoms with van der Waals surface area (Å²) in [6.45, 7) is 4.39. The first kappa shape index (κ1) is 19.6. The van der Waals surface area contributed by atoms with Crippen molar-refractivity contribution >= 4 is 29.2 Å². The zero-order chi connectivity index (χ0) is 19.9. The van der Waals surface area contributed by atoms with Gasteiger partial charge in [0.25, 0.3) is 0 Å². The number of halogens is 2. The second kappa shape index (κ2) is 7.61. The number of allylic oxidation sites excluding steroid dienone is 1. The molecule has 0 unspecified atom stereocenters. The molecule has 0 amide bonds. The van der Waals surface area contributed by atoms with E-state index in [2.05, 4.69) is 35.0 Å². The molecule has 2 aliphatic rings. The minimum atomic E-state index is -0.193. The smallest absolute Gasteiger partial charge is 0.310 e. The second-order valence-corrected chi connectivity index (χ2v) is 9.39. The van der Waals surface area contributed by atoms with E-state index < -0.39 is 0 Å². The van der Waals surface area contributed by atoms with Gasteiger partial charge in [-0.3, -0.25) is 4.79 Å². The van der Waals surface area contributed by atoms with E-state index in [1.165, 1.54) is 23.4 Å². The lowest BCUT2D eigenvalue weighted by molar-refractivity contribution is -0.147. The summed E-state index contributed by atoms with van der Waals surface area (Å²) in [5.74, 6) is -0.337. The van der Waals surface area contributed by atoms with E-state index >= 15 is 0 Å². The third kappa shape index (κ3) is 3.62. The largest absolute Gasteiger partial charge is 0.461 e. The van der Waals surface area contributed by atoms with Crippen LogP contribution in [0.5, 0.6) is 0 Å². The Morgan fingerprint density at radius 1 is 1.21 bits per heavy atom. The van der Waals surface area contributed by atoms with Crippen molar-refractivity contribution in [2.75, 3.05) is 0 Å². The molecule has 0 N–H and O–H groups in total. The van der Waals surface area contributed by atoms with Gasteiger partial charge in [-0.1, -0.05) is 49.2 Å². The van der Waals surface area contributed by atoms with Gasteiger partial charge in [-0.25, -0.2) is 0 Å². The molecular formula is C23H25Cl2NO2. The maximum Gasteiger partial charge on any atom is 0.310 e. The molecule has 2 aromatic rings. The number of aromatic nitrogens is 1. The molecule has 1 aliphatic carbocycles. The number of rotatable bonds is 4. The van der Waals surface area contributed by atoms with Crippen LogP contribution in [0, 0.1) is 17.3 Å². The average molecular weight is 418 g/mol. The first-order valence-electron chi connectivity index (χ1n) is 9.86. The molecule has 5 heteroatoms. The molecule has 0 radical (unpaired) electrons. The van der Waals surface area contributed by atoms with Crippen molar-refractivity contribution in [2.24, 2.45) is 17.3 Å². The van der Waals surface area contributed by atoms with Gasteiger partial charge in [0.1, 0.15) is 11.1 Å². The molecule has 0 saturated heterocycles. The van der Waals surface area contributed by atoms with Gasteiger partial charge in [-0.15, -0.1) is 0 Å². The van der Waals surface area contributed by atoms with Crippen LogP contribution >= 0.6 is 23.2 Å². The lowest BCUT2D eigenvalue weighted by atomic mass is 9.97. The van der Waals surface area contributed by atoms with E-state index in [9.17, 15) is 4.79 Å². The van der Waals surface area contributed by atoms with Crippen molar-refractivity contribution in [3.63, 3.8) is 0 Å². The molecule has 3 nitrogen and oxygen atoms in total. The van der Waals surface area contributed by atoms with Crippen molar-refractivity contribution in [3.05, 3.63) is 63.9 Å². The van der Waals surface area contributed by atoms with Gasteiger partial charge in [-0.2, -0.15) is 0 Å². The Morgan fingerprint density at radius 3 is 2.79 bits per heavy atom. The first-order chi connectivity index (χ1) is 13.4. The first-order valence-corrected chi connectivity index (χ1v) is 10.6. The van der Waals surface area contributed by atoms with Crippen molar-refractivity contribution < 1.29 is 9.53 Å². The van der Waals surface area contributed by atoms with Crippen LogP contribution in [0.3, 0.4) is 0 Å². The summed E-state index contributed by atoms with van der Waals surface area (Å²) in [6, 6.07) is 10.6. The number of hydrogen-bond donors (Lipinski definition) is 0. The van der Waals surface area contributed by atoms with Gasteiger partial charge in [0.15, 0.2) is 0 Å². The Hall–Kier alpha value is -1.71. The van der Waals surface area contributed by atoms with Crippen LogP contribution in [-0.2, 0) is 29.0 Å². The number of carbonyl (C=O) groups excluding carboxylic acids is 1. The Balaban J connectivity index is 1.53. The number of benzene rings is 1. The quantitative estimate of drug-likeness (QED) is 0.571. The van der Waals surface area contributed by atoms with Crippen molar-refractivity contribution in [1.29, 1.82) is 0 Å². The van der Waals surface area contributed by atoms with Gasteiger partial charge in [0.2, 0.25) is 0 Å². The van der Waals surface area contributed by atoms with E-state index in [0.29, 0.717) is 6.61 Å². The molecule has 1 saturated carbocycles. The molecule has 4 rings (SSSR count). The molecule has 0 bridgehead atoms. The van der Waals surface area contributed by atoms with E-state index in [1.807, 2.05) is 19.9 Å². The highest BCUT2D eigenvalue weighted by atomic mass is 35.5. The normalized spacial score (nSPS) is 22.3. The number of aryl methyl sites for hydroxylation is 1. The van der Waals surface area contributed by atoms with E-state index in [-0.39, 0.29) is 27.7 Å². The van der Waals surface area contributed by atoms with Crippen LogP contribution in [-0.4, -0.2) is 10.5 Å². The lowest BCUT2D eigenvalue weighted by Crippen LogP contribution is -2.13. The predicted molar refractivity (Wildman–Crippen MR) is 113 cm³/mol. The summed E-state index contributed by atoms with van der Waals surface area (Å²) in [4.78, 5) is 12.7. The summed E-state index contributed by atoms with van der Waals surface area (Å²) >= 11 is 11.6. The molecule has 2 atom stereocenters. The summed E-state index contributed by atoms with van der Waals surface area (Å²) < 4.78 is 8.22. The number of carbonyl (C=O) groups is 1. The zero-order valence-electron chi connectivity index (χ0n) is 16.3. The summed E-state index contributed by atoms with van der Waals surface area (Å²) in [5.41, 5.74) is 4.74. The summed E-state index contributed by atoms with van der Waals surface area (Å²) in [5, 5.41) is 0. The highest BCUT2D eigenvalue weighted by Crippen LogP contribution is 2.60. The number of fused-ring (bicyclic) bond motifs is 3. The molecular weight excluding hydrogens is 393 g/mol. The van der Waals surface area contributed by atoms with Crippen LogP contribution in [0.1, 0.15) is 43.5 Å². The zero-order valence-corrected chi connectivity index (χ0v) is 17.8. The van der Waals surface area contributed by atoms with Crippen LogP contribution in [0.15, 0.2) is 47.1 Å². The monoisotopic (exact) mass is 417 g/mol. The SMILES string of the molecule is CC1(C)[C@H](C(=O)OCc2cccc3c2CCCCc2cccn2-3)[C@@H]1C=C(Cl)Cl. The molecule has 1 aliphatic heterocycles. The minimum Gasteiger partial charge on any atom is -0.461 e. The maximum atomic E-state index is 12.7. The van der Waals surface area contributed by atoms with Crippen molar-refractivity contribution in [3.8, 4) is 5.69 Å². The Morgan fingerprint density at radius 2 is 2.00 bits per heavy atom. The summed E-state index contributed by atoms with van der Waals surface area (Å²) in [7, 11) is 0. The van der Waals surface area contributed by atoms with Crippen LogP contribution in [0.2, 0.25) is 0 Å². The number of ether oxygens (including phenoxy) is 1. The van der Waals surface area contributed by atoms with Crippen LogP contribution in [0.25, 0.3) is 5.69 Å². The maximum absolute atomic E-state index is 12.7. The third-order valence-corrected chi connectivity index (χ3v) is 6.54. The van der Waals surface area contributed by atoms with Crippen LogP contribution < -0.4 is 0 Å². The fourth-order valence-corrected chi connectivity index (χ4v) is 4.82. The Kier molecular flexibility index (Phi) is 5.32. The van der Waals surface area contributed by atoms with Gasteiger partial charge in [-0.05, 0) is 72.4 Å². The van der Waals surface area contributed by atoms with Crippen molar-refractivity contribution in [2.45, 2.75) is 46.1 Å². The lowest BCUT2D eigenvalue weighted by Gasteiger charge is -2.20. The predicted octanol–water partition coefficient (Wildman–Crippen LogP) is 5.99. The number of nitrogens with zero attached hydrogens (tertiary/aromatic N) is 1. The number of esters is 1. The third-order valence-electron chi connectivity index (χ3n) is 6.29. The van der Waals surface area contributed by atoms with Gasteiger partial charge >= 0.3 is 5.97 Å². The fourth-order valence-electron chi connectivity index (χ4n) is 4.55. The standard InChI is InChI=1S/C23H25Cl2NO2/c1-23(2)18(13-20(24)25)21(23)22(27)28-14-15-7-5-11-19-17(15)10-4-3-8-16-9-6-12-26(16)19/h5-7,9,11-13,18,21H,3-4,8,10,14H2,1-2H3/t18-,21-/m0/s1. The highest BCUT2D eigenvalue weighted by Gasteiger charge is 2.61. The molecule has 2 heterocycles. The fraction of sp³-hybridized carbons (Fsp3) is 0.435. The minimum absolute atomic E-state index is 0.0313. The topological polar surface area (TPSA) is 31.2 Å². The molecule has 1 aromatic carbocycles. The second-order valence-electron chi connectivity index (χ2n) is 8.38. The highest BCUT2D eigenvalue weighted by molar-refractivity contribution is 6.55. The Labute approximate surface area is 176 Å². The van der Waals surface area contributed by atoms with E-state index in [0.717, 1.165) is 24.8 Å². The number of hydrogen-bond acceptors (Lipinski definition) is 2. The van der Waals surface area contributed by atoms with Crippen molar-refractivity contribution in [1.82, 2.24) is 4.57 Å². The molecule has 1 fully saturated rings. The van der Waals surface area contributed by atoms with E-state index in [1.54, 1.807) is 6.08 Å². The molecule has 1 aromatic heterocycles. The van der Waals surface area contributed by atoms with Crippen LogP contribution in [0.4, 0.5) is 0 Å². The molecule has 148 valence electrons. The van der Waals surface area contributed by atoms with E-state index in [4.69, 9.17) is 27.9 Å². The van der Waals surface area contributed by atoms with Gasteiger partial charge in [0, 0.05) is 17.6 Å². The average Bonchev–Trinajstić information content (AvgIpc) is 2.96. The molecule has 0 spiro atoms. The molecule has 28 heavy (non-hydrogen) atoms. The Bertz CT molecular complexity index is 924. The summed E-state index contributed by atoms with van der Waals surface area (Å²) in [6.07, 6.45) is 8.28.